The van der Waals surface area contributed by atoms with Crippen LogP contribution in [0.3, 0.4) is 0 Å². The minimum atomic E-state index is 0.0289. The van der Waals surface area contributed by atoms with Crippen molar-refractivity contribution in [3.05, 3.63) is 23.8 Å². The number of carbonyl (C=O) groups excluding carboxylic acids is 1. The maximum atomic E-state index is 11.4. The van der Waals surface area contributed by atoms with Gasteiger partial charge in [0.25, 0.3) is 0 Å². The predicted molar refractivity (Wildman–Crippen MR) is 60.6 cm³/mol. The van der Waals surface area contributed by atoms with Crippen LogP contribution < -0.4 is 0 Å². The summed E-state index contributed by atoms with van der Waals surface area (Å²) in [6.07, 6.45) is 0.353. The number of hydrogen-bond acceptors (Lipinski definition) is 3. The lowest BCUT2D eigenvalue weighted by atomic mass is 10.1. The summed E-state index contributed by atoms with van der Waals surface area (Å²) in [4.78, 5) is 12.9. The van der Waals surface area contributed by atoms with Crippen LogP contribution in [0.25, 0.3) is 0 Å². The van der Waals surface area contributed by atoms with Gasteiger partial charge in [0.1, 0.15) is 0 Å². The van der Waals surface area contributed by atoms with Gasteiger partial charge in [0.15, 0.2) is 5.78 Å². The quantitative estimate of drug-likeness (QED) is 0.465. The van der Waals surface area contributed by atoms with Crippen molar-refractivity contribution in [1.29, 1.82) is 0 Å². The predicted octanol–water partition coefficient (Wildman–Crippen LogP) is 3.08. The van der Waals surface area contributed by atoms with Crippen molar-refractivity contribution in [3.8, 4) is 0 Å². The molecule has 70 valence electrons. The standard InChI is InChI=1S/C9H9ClOS2/c10-2-1-9(11)6-3-7(12)5-8(13)4-6/h3-5,12-13H,1-2H2. The molecule has 0 aliphatic rings. The van der Waals surface area contributed by atoms with E-state index in [1.807, 2.05) is 0 Å². The Kier molecular flexibility index (Phi) is 4.16. The van der Waals surface area contributed by atoms with Gasteiger partial charge in [-0.05, 0) is 18.2 Å². The van der Waals surface area contributed by atoms with Gasteiger partial charge >= 0.3 is 0 Å². The minimum Gasteiger partial charge on any atom is -0.294 e. The van der Waals surface area contributed by atoms with Crippen LogP contribution in [0.15, 0.2) is 28.0 Å². The van der Waals surface area contributed by atoms with Crippen LogP contribution in [0.1, 0.15) is 16.8 Å². The van der Waals surface area contributed by atoms with Crippen molar-refractivity contribution in [2.45, 2.75) is 16.2 Å². The Hall–Kier alpha value is -0.120. The van der Waals surface area contributed by atoms with Crippen LogP contribution in [0.5, 0.6) is 0 Å². The molecule has 0 saturated heterocycles. The average Bonchev–Trinajstić information content (AvgIpc) is 2.03. The van der Waals surface area contributed by atoms with Crippen LogP contribution in [0.2, 0.25) is 0 Å². The molecule has 0 amide bonds. The van der Waals surface area contributed by atoms with E-state index in [4.69, 9.17) is 11.6 Å². The zero-order valence-corrected chi connectivity index (χ0v) is 9.37. The van der Waals surface area contributed by atoms with Gasteiger partial charge < -0.3 is 0 Å². The van der Waals surface area contributed by atoms with Gasteiger partial charge in [-0.3, -0.25) is 4.79 Å². The average molecular weight is 233 g/mol. The van der Waals surface area contributed by atoms with Gasteiger partial charge in [0.2, 0.25) is 0 Å². The van der Waals surface area contributed by atoms with Gasteiger partial charge in [-0.2, -0.15) is 0 Å². The molecule has 1 aromatic rings. The molecule has 0 aliphatic heterocycles. The molecule has 0 atom stereocenters. The van der Waals surface area contributed by atoms with E-state index in [9.17, 15) is 4.79 Å². The summed E-state index contributed by atoms with van der Waals surface area (Å²) in [5.41, 5.74) is 0.623. The summed E-state index contributed by atoms with van der Waals surface area (Å²) >= 11 is 13.8. The normalized spacial score (nSPS) is 10.1. The molecule has 1 rings (SSSR count). The maximum absolute atomic E-state index is 11.4. The van der Waals surface area contributed by atoms with Crippen molar-refractivity contribution in [2.75, 3.05) is 5.88 Å². The van der Waals surface area contributed by atoms with E-state index in [1.54, 1.807) is 18.2 Å². The summed E-state index contributed by atoms with van der Waals surface area (Å²) in [6.45, 7) is 0. The third-order valence-corrected chi connectivity index (χ3v) is 2.25. The highest BCUT2D eigenvalue weighted by Gasteiger charge is 2.05. The Bertz CT molecular complexity index is 305. The largest absolute Gasteiger partial charge is 0.294 e. The first kappa shape index (κ1) is 11.0. The van der Waals surface area contributed by atoms with Crippen molar-refractivity contribution in [3.63, 3.8) is 0 Å². The molecule has 0 spiro atoms. The Morgan fingerprint density at radius 2 is 1.77 bits per heavy atom. The second kappa shape index (κ2) is 4.94. The molecule has 0 aliphatic carbocycles. The highest BCUT2D eigenvalue weighted by molar-refractivity contribution is 7.81. The second-order valence-electron chi connectivity index (χ2n) is 2.60. The molecule has 0 aromatic heterocycles. The first-order chi connectivity index (χ1) is 6.13. The molecule has 0 saturated carbocycles. The molecule has 1 aromatic carbocycles. The van der Waals surface area contributed by atoms with Crippen LogP contribution in [0.4, 0.5) is 0 Å². The number of thiol groups is 2. The molecular formula is C9H9ClOS2. The van der Waals surface area contributed by atoms with Gasteiger partial charge in [-0.25, -0.2) is 0 Å². The number of rotatable bonds is 3. The van der Waals surface area contributed by atoms with Gasteiger partial charge in [-0.1, -0.05) is 0 Å². The lowest BCUT2D eigenvalue weighted by molar-refractivity contribution is 0.0989. The first-order valence-corrected chi connectivity index (χ1v) is 5.18. The molecule has 0 bridgehead atoms. The smallest absolute Gasteiger partial charge is 0.164 e. The summed E-state index contributed by atoms with van der Waals surface area (Å²) < 4.78 is 0. The fourth-order valence-electron chi connectivity index (χ4n) is 0.986. The van der Waals surface area contributed by atoms with E-state index < -0.39 is 0 Å². The Morgan fingerprint density at radius 3 is 2.23 bits per heavy atom. The van der Waals surface area contributed by atoms with Gasteiger partial charge in [-0.15, -0.1) is 36.9 Å². The van der Waals surface area contributed by atoms with E-state index >= 15 is 0 Å². The summed E-state index contributed by atoms with van der Waals surface area (Å²) in [6, 6.07) is 5.22. The molecule has 1 nitrogen and oxygen atoms in total. The molecule has 0 heterocycles. The number of carbonyl (C=O) groups is 1. The van der Waals surface area contributed by atoms with E-state index in [0.717, 1.165) is 9.79 Å². The van der Waals surface area contributed by atoms with Gasteiger partial charge in [0.05, 0.1) is 0 Å². The number of benzene rings is 1. The van der Waals surface area contributed by atoms with Crippen molar-refractivity contribution in [2.24, 2.45) is 0 Å². The minimum absolute atomic E-state index is 0.0289. The number of alkyl halides is 1. The van der Waals surface area contributed by atoms with Crippen molar-refractivity contribution in [1.82, 2.24) is 0 Å². The topological polar surface area (TPSA) is 17.1 Å². The summed E-state index contributed by atoms with van der Waals surface area (Å²) in [5, 5.41) is 0. The number of hydrogen-bond donors (Lipinski definition) is 2. The van der Waals surface area contributed by atoms with Crippen LogP contribution in [-0.4, -0.2) is 11.7 Å². The molecule has 0 fully saturated rings. The van der Waals surface area contributed by atoms with Crippen LogP contribution in [0, 0.1) is 0 Å². The highest BCUT2D eigenvalue weighted by atomic mass is 35.5. The van der Waals surface area contributed by atoms with Gasteiger partial charge in [0, 0.05) is 27.7 Å². The van der Waals surface area contributed by atoms with Crippen molar-refractivity contribution < 1.29 is 4.79 Å². The third kappa shape index (κ3) is 3.25. The molecule has 4 heteroatoms. The number of ketones is 1. The van der Waals surface area contributed by atoms with E-state index in [-0.39, 0.29) is 5.78 Å². The van der Waals surface area contributed by atoms with Crippen LogP contribution >= 0.6 is 36.9 Å². The Balaban J connectivity index is 2.94. The number of Topliss-reactive ketones (excluding diaryl/α,β-unsaturated/α-hetero) is 1. The molecule has 0 unspecified atom stereocenters. The first-order valence-electron chi connectivity index (χ1n) is 3.75. The van der Waals surface area contributed by atoms with E-state index in [0.29, 0.717) is 17.9 Å². The molecule has 0 N–H and O–H groups in total. The highest BCUT2D eigenvalue weighted by Crippen LogP contribution is 2.17. The fraction of sp³-hybridized carbons (Fsp3) is 0.222. The molecule has 13 heavy (non-hydrogen) atoms. The Labute approximate surface area is 93.3 Å². The molecule has 0 radical (unpaired) electrons. The van der Waals surface area contributed by atoms with E-state index in [1.165, 1.54) is 0 Å². The summed E-state index contributed by atoms with van der Waals surface area (Å²) in [7, 11) is 0. The maximum Gasteiger partial charge on any atom is 0.164 e. The second-order valence-corrected chi connectivity index (χ2v) is 4.01. The lowest BCUT2D eigenvalue weighted by Gasteiger charge is -2.01. The SMILES string of the molecule is O=C(CCCl)c1cc(S)cc(S)c1. The molecular weight excluding hydrogens is 224 g/mol. The fourth-order valence-corrected chi connectivity index (χ4v) is 1.82. The van der Waals surface area contributed by atoms with E-state index in [2.05, 4.69) is 25.3 Å². The lowest BCUT2D eigenvalue weighted by Crippen LogP contribution is -1.99. The summed E-state index contributed by atoms with van der Waals surface area (Å²) in [5.74, 6) is 0.374. The van der Waals surface area contributed by atoms with Crippen LogP contribution in [-0.2, 0) is 0 Å². The van der Waals surface area contributed by atoms with Crippen molar-refractivity contribution >= 4 is 42.6 Å². The Morgan fingerprint density at radius 1 is 1.23 bits per heavy atom. The number of halogens is 1. The zero-order valence-electron chi connectivity index (χ0n) is 6.83. The monoisotopic (exact) mass is 232 g/mol. The third-order valence-electron chi connectivity index (χ3n) is 1.55. The zero-order chi connectivity index (χ0) is 9.84.